The van der Waals surface area contributed by atoms with Crippen molar-refractivity contribution in [3.8, 4) is 0 Å². The molecular weight excluding hydrogens is 258 g/mol. The molecule has 0 saturated carbocycles. The Morgan fingerprint density at radius 3 is 2.95 bits per heavy atom. The first-order valence-electron chi connectivity index (χ1n) is 6.63. The highest BCUT2D eigenvalue weighted by Gasteiger charge is 2.37. The summed E-state index contributed by atoms with van der Waals surface area (Å²) in [4.78, 5) is 14.0. The molecule has 2 heterocycles. The molecule has 20 heavy (non-hydrogen) atoms. The van der Waals surface area contributed by atoms with Gasteiger partial charge < -0.3 is 19.5 Å². The molecule has 0 bridgehead atoms. The van der Waals surface area contributed by atoms with Gasteiger partial charge in [0.15, 0.2) is 0 Å². The SMILES string of the molecule is Cc1cc2cc(C(=O)N3CC[C@](O)(CO)C3)ccc2o1. The van der Waals surface area contributed by atoms with Gasteiger partial charge in [0.1, 0.15) is 16.9 Å². The molecule has 1 aromatic heterocycles. The third kappa shape index (κ3) is 2.19. The zero-order chi connectivity index (χ0) is 14.3. The van der Waals surface area contributed by atoms with Crippen LogP contribution < -0.4 is 0 Å². The Kier molecular flexibility index (Phi) is 3.03. The Morgan fingerprint density at radius 2 is 2.25 bits per heavy atom. The number of carbonyl (C=O) groups excluding carboxylic acids is 1. The van der Waals surface area contributed by atoms with Gasteiger partial charge in [-0.1, -0.05) is 0 Å². The van der Waals surface area contributed by atoms with Gasteiger partial charge in [-0.2, -0.15) is 0 Å². The summed E-state index contributed by atoms with van der Waals surface area (Å²) in [5, 5.41) is 20.0. The van der Waals surface area contributed by atoms with Crippen molar-refractivity contribution in [2.75, 3.05) is 19.7 Å². The third-order valence-corrected chi connectivity index (χ3v) is 3.80. The van der Waals surface area contributed by atoms with Crippen LogP contribution in [-0.4, -0.2) is 46.3 Å². The quantitative estimate of drug-likeness (QED) is 0.866. The standard InChI is InChI=1S/C15H17NO4/c1-10-6-12-7-11(2-3-13(12)20-10)14(18)16-5-4-15(19,8-16)9-17/h2-3,6-7,17,19H,4-5,8-9H2,1H3/t15-/m1/s1. The lowest BCUT2D eigenvalue weighted by Crippen LogP contribution is -2.38. The number of aliphatic hydroxyl groups excluding tert-OH is 1. The molecule has 0 spiro atoms. The highest BCUT2D eigenvalue weighted by molar-refractivity contribution is 5.98. The number of hydrogen-bond acceptors (Lipinski definition) is 4. The van der Waals surface area contributed by atoms with Crippen molar-refractivity contribution in [3.05, 3.63) is 35.6 Å². The summed E-state index contributed by atoms with van der Waals surface area (Å²) in [6, 6.07) is 7.19. The number of amides is 1. The number of nitrogens with zero attached hydrogens (tertiary/aromatic N) is 1. The molecule has 1 amide bonds. The lowest BCUT2D eigenvalue weighted by atomic mass is 10.1. The smallest absolute Gasteiger partial charge is 0.253 e. The largest absolute Gasteiger partial charge is 0.461 e. The Morgan fingerprint density at radius 1 is 1.45 bits per heavy atom. The fraction of sp³-hybridized carbons (Fsp3) is 0.400. The van der Waals surface area contributed by atoms with Crippen LogP contribution in [-0.2, 0) is 0 Å². The van der Waals surface area contributed by atoms with Gasteiger partial charge in [-0.15, -0.1) is 0 Å². The monoisotopic (exact) mass is 275 g/mol. The van der Waals surface area contributed by atoms with E-state index in [0.29, 0.717) is 18.5 Å². The van der Waals surface area contributed by atoms with Crippen LogP contribution >= 0.6 is 0 Å². The van der Waals surface area contributed by atoms with E-state index in [1.807, 2.05) is 13.0 Å². The van der Waals surface area contributed by atoms with Gasteiger partial charge in [-0.05, 0) is 37.6 Å². The van der Waals surface area contributed by atoms with Crippen molar-refractivity contribution in [2.24, 2.45) is 0 Å². The van der Waals surface area contributed by atoms with Crippen molar-refractivity contribution in [2.45, 2.75) is 18.9 Å². The minimum atomic E-state index is -1.16. The van der Waals surface area contributed by atoms with Gasteiger partial charge in [0.2, 0.25) is 0 Å². The van der Waals surface area contributed by atoms with Gasteiger partial charge in [0.25, 0.3) is 5.91 Å². The van der Waals surface area contributed by atoms with Crippen molar-refractivity contribution < 1.29 is 19.4 Å². The number of fused-ring (bicyclic) bond motifs is 1. The molecule has 0 aliphatic carbocycles. The molecular formula is C15H17NO4. The first-order chi connectivity index (χ1) is 9.50. The van der Waals surface area contributed by atoms with Crippen LogP contribution in [0.4, 0.5) is 0 Å². The average Bonchev–Trinajstić information content (AvgIpc) is 3.00. The maximum atomic E-state index is 12.4. The number of β-amino-alcohol motifs (C(OH)–C–C–N with tert-alkyl or cyclic N) is 1. The van der Waals surface area contributed by atoms with E-state index in [9.17, 15) is 9.90 Å². The number of aryl methyl sites for hydroxylation is 1. The number of benzene rings is 1. The number of likely N-dealkylation sites (tertiary alicyclic amines) is 1. The molecule has 2 aromatic rings. The van der Waals surface area contributed by atoms with Crippen LogP contribution in [0.15, 0.2) is 28.7 Å². The first-order valence-corrected chi connectivity index (χ1v) is 6.63. The van der Waals surface area contributed by atoms with Crippen molar-refractivity contribution in [1.29, 1.82) is 0 Å². The van der Waals surface area contributed by atoms with Crippen LogP contribution in [0.5, 0.6) is 0 Å². The number of hydrogen-bond donors (Lipinski definition) is 2. The van der Waals surface area contributed by atoms with E-state index in [1.54, 1.807) is 23.1 Å². The summed E-state index contributed by atoms with van der Waals surface area (Å²) < 4.78 is 5.48. The van der Waals surface area contributed by atoms with E-state index in [2.05, 4.69) is 0 Å². The van der Waals surface area contributed by atoms with E-state index in [1.165, 1.54) is 0 Å². The number of rotatable bonds is 2. The van der Waals surface area contributed by atoms with Crippen LogP contribution in [0.3, 0.4) is 0 Å². The fourth-order valence-electron chi connectivity index (χ4n) is 2.65. The van der Waals surface area contributed by atoms with Gasteiger partial charge >= 0.3 is 0 Å². The molecule has 1 saturated heterocycles. The Hall–Kier alpha value is -1.85. The second kappa shape index (κ2) is 4.61. The Labute approximate surface area is 116 Å². The topological polar surface area (TPSA) is 73.9 Å². The molecule has 1 aromatic carbocycles. The summed E-state index contributed by atoms with van der Waals surface area (Å²) in [5.41, 5.74) is 0.166. The third-order valence-electron chi connectivity index (χ3n) is 3.80. The van der Waals surface area contributed by atoms with Crippen LogP contribution in [0.25, 0.3) is 11.0 Å². The highest BCUT2D eigenvalue weighted by atomic mass is 16.3. The average molecular weight is 275 g/mol. The van der Waals surface area contributed by atoms with Gasteiger partial charge in [0.05, 0.1) is 13.2 Å². The lowest BCUT2D eigenvalue weighted by molar-refractivity contribution is -0.00455. The predicted molar refractivity (Wildman–Crippen MR) is 73.5 cm³/mol. The summed E-state index contributed by atoms with van der Waals surface area (Å²) in [7, 11) is 0. The molecule has 1 atom stereocenters. The van der Waals surface area contributed by atoms with Crippen LogP contribution in [0, 0.1) is 6.92 Å². The van der Waals surface area contributed by atoms with Crippen molar-refractivity contribution in [1.82, 2.24) is 4.90 Å². The van der Waals surface area contributed by atoms with Gasteiger partial charge in [0, 0.05) is 17.5 Å². The van der Waals surface area contributed by atoms with E-state index < -0.39 is 5.60 Å². The van der Waals surface area contributed by atoms with E-state index >= 15 is 0 Å². The summed E-state index contributed by atoms with van der Waals surface area (Å²) >= 11 is 0. The van der Waals surface area contributed by atoms with E-state index in [0.717, 1.165) is 16.7 Å². The molecule has 0 radical (unpaired) electrons. The fourth-order valence-corrected chi connectivity index (χ4v) is 2.65. The predicted octanol–water partition coefficient (Wildman–Crippen LogP) is 1.31. The zero-order valence-electron chi connectivity index (χ0n) is 11.3. The maximum Gasteiger partial charge on any atom is 0.253 e. The minimum Gasteiger partial charge on any atom is -0.461 e. The normalized spacial score (nSPS) is 22.6. The number of furan rings is 1. The van der Waals surface area contributed by atoms with Gasteiger partial charge in [-0.25, -0.2) is 0 Å². The van der Waals surface area contributed by atoms with Crippen molar-refractivity contribution in [3.63, 3.8) is 0 Å². The molecule has 5 heteroatoms. The van der Waals surface area contributed by atoms with Gasteiger partial charge in [-0.3, -0.25) is 4.79 Å². The Balaban J connectivity index is 1.85. The minimum absolute atomic E-state index is 0.130. The molecule has 1 aliphatic heterocycles. The molecule has 1 aliphatic rings. The summed E-state index contributed by atoms with van der Waals surface area (Å²) in [6.45, 7) is 2.17. The molecule has 106 valence electrons. The molecule has 1 fully saturated rings. The van der Waals surface area contributed by atoms with Crippen LogP contribution in [0.1, 0.15) is 22.5 Å². The second-order valence-electron chi connectivity index (χ2n) is 5.47. The summed E-state index contributed by atoms with van der Waals surface area (Å²) in [6.07, 6.45) is 0.405. The molecule has 5 nitrogen and oxygen atoms in total. The van der Waals surface area contributed by atoms with Crippen LogP contribution in [0.2, 0.25) is 0 Å². The second-order valence-corrected chi connectivity index (χ2v) is 5.47. The van der Waals surface area contributed by atoms with Crippen molar-refractivity contribution >= 4 is 16.9 Å². The van der Waals surface area contributed by atoms with E-state index in [-0.39, 0.29) is 19.1 Å². The number of carbonyl (C=O) groups is 1. The number of aliphatic hydroxyl groups is 2. The maximum absolute atomic E-state index is 12.4. The molecule has 0 unspecified atom stereocenters. The molecule has 3 rings (SSSR count). The highest BCUT2D eigenvalue weighted by Crippen LogP contribution is 2.25. The zero-order valence-corrected chi connectivity index (χ0v) is 11.3. The lowest BCUT2D eigenvalue weighted by Gasteiger charge is -2.20. The van der Waals surface area contributed by atoms with E-state index in [4.69, 9.17) is 9.52 Å². The summed E-state index contributed by atoms with van der Waals surface area (Å²) in [5.74, 6) is 0.676. The molecule has 2 N–H and O–H groups in total. The first kappa shape index (κ1) is 13.1. The Bertz CT molecular complexity index is 663.